The van der Waals surface area contributed by atoms with Crippen LogP contribution in [0.5, 0.6) is 0 Å². The van der Waals surface area contributed by atoms with Crippen LogP contribution in [0.25, 0.3) is 11.4 Å². The van der Waals surface area contributed by atoms with Crippen LogP contribution in [0.1, 0.15) is 10.7 Å². The molecule has 0 fully saturated rings. The zero-order chi connectivity index (χ0) is 10.8. The zero-order valence-corrected chi connectivity index (χ0v) is 10.4. The average molecular weight is 308 g/mol. The first-order valence-corrected chi connectivity index (χ1v) is 5.71. The first-order valence-electron chi connectivity index (χ1n) is 4.04. The van der Waals surface area contributed by atoms with Crippen molar-refractivity contribution in [2.45, 2.75) is 4.84 Å². The van der Waals surface area contributed by atoms with Crippen molar-refractivity contribution in [1.82, 2.24) is 10.1 Å². The van der Waals surface area contributed by atoms with Crippen molar-refractivity contribution < 1.29 is 4.52 Å². The Morgan fingerprint density at radius 2 is 2.13 bits per heavy atom. The van der Waals surface area contributed by atoms with Gasteiger partial charge in [0.15, 0.2) is 4.84 Å². The Kier molecular flexibility index (Phi) is 3.29. The lowest BCUT2D eigenvalue weighted by Crippen LogP contribution is -1.82. The number of rotatable bonds is 2. The van der Waals surface area contributed by atoms with E-state index < -0.39 is 4.84 Å². The quantitative estimate of drug-likeness (QED) is 0.788. The first-order chi connectivity index (χ1) is 7.16. The molecule has 3 nitrogen and oxygen atoms in total. The van der Waals surface area contributed by atoms with E-state index >= 15 is 0 Å². The maximum Gasteiger partial charge on any atom is 0.260 e. The van der Waals surface area contributed by atoms with E-state index in [2.05, 4.69) is 26.1 Å². The summed E-state index contributed by atoms with van der Waals surface area (Å²) >= 11 is 14.5. The van der Waals surface area contributed by atoms with Crippen molar-refractivity contribution in [3.8, 4) is 11.4 Å². The third kappa shape index (κ3) is 2.51. The molecule has 0 aliphatic rings. The lowest BCUT2D eigenvalue weighted by molar-refractivity contribution is 0.388. The standard InChI is InChI=1S/C9H5BrCl2N2O/c10-6-3-1-2-5(4-6)8-13-9(7(11)12)15-14-8/h1-4,7H. The van der Waals surface area contributed by atoms with Gasteiger partial charge in [0.2, 0.25) is 5.82 Å². The van der Waals surface area contributed by atoms with Gasteiger partial charge >= 0.3 is 0 Å². The molecule has 2 rings (SSSR count). The highest BCUT2D eigenvalue weighted by atomic mass is 79.9. The summed E-state index contributed by atoms with van der Waals surface area (Å²) in [6.07, 6.45) is 0. The number of benzene rings is 1. The van der Waals surface area contributed by atoms with Crippen molar-refractivity contribution in [2.75, 3.05) is 0 Å². The summed E-state index contributed by atoms with van der Waals surface area (Å²) in [6.45, 7) is 0. The van der Waals surface area contributed by atoms with Crippen LogP contribution in [0.15, 0.2) is 33.3 Å². The predicted molar refractivity (Wildman–Crippen MR) is 61.9 cm³/mol. The van der Waals surface area contributed by atoms with Crippen LogP contribution in [-0.2, 0) is 0 Å². The summed E-state index contributed by atoms with van der Waals surface area (Å²) < 4.78 is 5.82. The molecule has 1 heterocycles. The van der Waals surface area contributed by atoms with Crippen LogP contribution in [0.3, 0.4) is 0 Å². The molecule has 0 saturated carbocycles. The summed E-state index contributed by atoms with van der Waals surface area (Å²) in [4.78, 5) is 3.27. The third-order valence-electron chi connectivity index (χ3n) is 1.71. The molecule has 0 spiro atoms. The van der Waals surface area contributed by atoms with Crippen molar-refractivity contribution in [3.05, 3.63) is 34.6 Å². The zero-order valence-electron chi connectivity index (χ0n) is 7.32. The van der Waals surface area contributed by atoms with Gasteiger partial charge in [0.05, 0.1) is 0 Å². The van der Waals surface area contributed by atoms with Crippen molar-refractivity contribution in [2.24, 2.45) is 0 Å². The van der Waals surface area contributed by atoms with E-state index in [0.717, 1.165) is 10.0 Å². The Morgan fingerprint density at radius 1 is 1.33 bits per heavy atom. The molecule has 0 bridgehead atoms. The Bertz CT molecular complexity index is 473. The fraction of sp³-hybridized carbons (Fsp3) is 0.111. The smallest absolute Gasteiger partial charge is 0.260 e. The molecule has 0 atom stereocenters. The second-order valence-corrected chi connectivity index (χ2v) is 4.78. The summed E-state index contributed by atoms with van der Waals surface area (Å²) in [6, 6.07) is 7.55. The Labute approximate surface area is 105 Å². The SMILES string of the molecule is ClC(Cl)c1nc(-c2cccc(Br)c2)no1. The van der Waals surface area contributed by atoms with E-state index in [9.17, 15) is 0 Å². The highest BCUT2D eigenvalue weighted by Gasteiger charge is 2.14. The summed E-state index contributed by atoms with van der Waals surface area (Å²) in [5.74, 6) is 0.672. The maximum atomic E-state index is 5.60. The van der Waals surface area contributed by atoms with Gasteiger partial charge in [-0.2, -0.15) is 4.98 Å². The molecule has 2 aromatic rings. The number of hydrogen-bond donors (Lipinski definition) is 0. The maximum absolute atomic E-state index is 5.60. The van der Waals surface area contributed by atoms with Crippen LogP contribution in [0.4, 0.5) is 0 Å². The molecule has 1 aromatic carbocycles. The Balaban J connectivity index is 2.37. The number of hydrogen-bond acceptors (Lipinski definition) is 3. The lowest BCUT2D eigenvalue weighted by atomic mass is 10.2. The summed E-state index contributed by atoms with van der Waals surface area (Å²) in [5, 5.41) is 3.77. The molecular weight excluding hydrogens is 303 g/mol. The minimum Gasteiger partial charge on any atom is -0.336 e. The molecule has 15 heavy (non-hydrogen) atoms. The van der Waals surface area contributed by atoms with Crippen molar-refractivity contribution in [1.29, 1.82) is 0 Å². The van der Waals surface area contributed by atoms with Gasteiger partial charge in [-0.1, -0.05) is 56.4 Å². The van der Waals surface area contributed by atoms with Crippen LogP contribution in [-0.4, -0.2) is 10.1 Å². The number of aromatic nitrogens is 2. The average Bonchev–Trinajstić information content (AvgIpc) is 2.66. The van der Waals surface area contributed by atoms with Gasteiger partial charge in [-0.15, -0.1) is 0 Å². The molecule has 6 heteroatoms. The van der Waals surface area contributed by atoms with E-state index in [1.807, 2.05) is 24.3 Å². The van der Waals surface area contributed by atoms with Crippen LogP contribution in [0.2, 0.25) is 0 Å². The van der Waals surface area contributed by atoms with Gasteiger partial charge in [0.25, 0.3) is 5.89 Å². The molecule has 0 N–H and O–H groups in total. The number of halogens is 3. The molecule has 0 unspecified atom stereocenters. The van der Waals surface area contributed by atoms with Crippen LogP contribution < -0.4 is 0 Å². The van der Waals surface area contributed by atoms with E-state index in [-0.39, 0.29) is 5.89 Å². The normalized spacial score (nSPS) is 10.9. The summed E-state index contributed by atoms with van der Waals surface area (Å²) in [7, 11) is 0. The molecule has 0 amide bonds. The van der Waals surface area contributed by atoms with E-state index in [1.54, 1.807) is 0 Å². The van der Waals surface area contributed by atoms with Gasteiger partial charge < -0.3 is 4.52 Å². The van der Waals surface area contributed by atoms with E-state index in [1.165, 1.54) is 0 Å². The number of nitrogens with zero attached hydrogens (tertiary/aromatic N) is 2. The minimum atomic E-state index is -0.793. The van der Waals surface area contributed by atoms with E-state index in [0.29, 0.717) is 5.82 Å². The monoisotopic (exact) mass is 306 g/mol. The minimum absolute atomic E-state index is 0.202. The van der Waals surface area contributed by atoms with Crippen molar-refractivity contribution in [3.63, 3.8) is 0 Å². The second-order valence-electron chi connectivity index (χ2n) is 2.77. The largest absolute Gasteiger partial charge is 0.336 e. The Hall–Kier alpha value is -0.580. The fourth-order valence-electron chi connectivity index (χ4n) is 1.07. The predicted octanol–water partition coefficient (Wildman–Crippen LogP) is 3.98. The fourth-order valence-corrected chi connectivity index (χ4v) is 1.65. The second kappa shape index (κ2) is 4.51. The third-order valence-corrected chi connectivity index (χ3v) is 2.58. The summed E-state index contributed by atoms with van der Waals surface area (Å²) in [5.41, 5.74) is 0.841. The lowest BCUT2D eigenvalue weighted by Gasteiger charge is -1.94. The van der Waals surface area contributed by atoms with Crippen molar-refractivity contribution >= 4 is 39.1 Å². The van der Waals surface area contributed by atoms with Gasteiger partial charge in [0, 0.05) is 10.0 Å². The molecular formula is C9H5BrCl2N2O. The molecule has 0 saturated heterocycles. The van der Waals surface area contributed by atoms with Gasteiger partial charge in [-0.05, 0) is 12.1 Å². The molecule has 0 aliphatic heterocycles. The van der Waals surface area contributed by atoms with Gasteiger partial charge in [0.1, 0.15) is 0 Å². The first kappa shape index (κ1) is 10.9. The highest BCUT2D eigenvalue weighted by molar-refractivity contribution is 9.10. The molecule has 1 aromatic heterocycles. The van der Waals surface area contributed by atoms with Crippen LogP contribution in [0, 0.1) is 0 Å². The molecule has 0 aliphatic carbocycles. The Morgan fingerprint density at radius 3 is 2.73 bits per heavy atom. The van der Waals surface area contributed by atoms with Crippen LogP contribution >= 0.6 is 39.1 Å². The van der Waals surface area contributed by atoms with Gasteiger partial charge in [-0.25, -0.2) is 0 Å². The van der Waals surface area contributed by atoms with E-state index in [4.69, 9.17) is 27.7 Å². The number of alkyl halides is 2. The molecule has 78 valence electrons. The van der Waals surface area contributed by atoms with Gasteiger partial charge in [-0.3, -0.25) is 0 Å². The molecule has 0 radical (unpaired) electrons. The highest BCUT2D eigenvalue weighted by Crippen LogP contribution is 2.26. The topological polar surface area (TPSA) is 38.9 Å².